The van der Waals surface area contributed by atoms with Gasteiger partial charge in [-0.3, -0.25) is 4.79 Å². The van der Waals surface area contributed by atoms with Crippen LogP contribution >= 0.6 is 0 Å². The van der Waals surface area contributed by atoms with E-state index in [9.17, 15) is 9.59 Å². The number of ether oxygens (including phenoxy) is 1. The number of aromatic carboxylic acids is 1. The lowest BCUT2D eigenvalue weighted by atomic mass is 10.1. The Balaban J connectivity index is 2.01. The van der Waals surface area contributed by atoms with Gasteiger partial charge in [-0.2, -0.15) is 0 Å². The Hall–Kier alpha value is -2.28. The summed E-state index contributed by atoms with van der Waals surface area (Å²) in [5.74, 6) is -1.09. The Morgan fingerprint density at radius 1 is 1.38 bits per heavy atom. The fourth-order valence-corrected chi connectivity index (χ4v) is 2.22. The van der Waals surface area contributed by atoms with E-state index < -0.39 is 12.0 Å². The number of carboxylic acids is 1. The van der Waals surface area contributed by atoms with Gasteiger partial charge < -0.3 is 25.8 Å². The Labute approximate surface area is 122 Å². The third-order valence-corrected chi connectivity index (χ3v) is 3.36. The summed E-state index contributed by atoms with van der Waals surface area (Å²) in [4.78, 5) is 24.9. The average molecular weight is 293 g/mol. The van der Waals surface area contributed by atoms with Crippen molar-refractivity contribution >= 4 is 23.3 Å². The van der Waals surface area contributed by atoms with Crippen LogP contribution in [-0.2, 0) is 9.53 Å². The second-order valence-corrected chi connectivity index (χ2v) is 4.91. The van der Waals surface area contributed by atoms with Crippen LogP contribution in [0.15, 0.2) is 18.2 Å². The van der Waals surface area contributed by atoms with Gasteiger partial charge in [-0.05, 0) is 25.1 Å². The highest BCUT2D eigenvalue weighted by Crippen LogP contribution is 2.19. The fraction of sp³-hybridized carbons (Fsp3) is 0.429. The van der Waals surface area contributed by atoms with Crippen molar-refractivity contribution in [1.82, 2.24) is 4.90 Å². The van der Waals surface area contributed by atoms with Crippen LogP contribution in [0.25, 0.3) is 0 Å². The van der Waals surface area contributed by atoms with Crippen molar-refractivity contribution in [2.45, 2.75) is 13.0 Å². The number of hydrogen-bond acceptors (Lipinski definition) is 5. The molecule has 21 heavy (non-hydrogen) atoms. The fourth-order valence-electron chi connectivity index (χ4n) is 2.22. The van der Waals surface area contributed by atoms with Gasteiger partial charge in [0.1, 0.15) is 6.04 Å². The van der Waals surface area contributed by atoms with Crippen LogP contribution in [-0.4, -0.2) is 54.2 Å². The molecule has 0 aliphatic carbocycles. The number of nitrogens with one attached hydrogen (secondary N) is 1. The molecule has 1 amide bonds. The van der Waals surface area contributed by atoms with Crippen molar-refractivity contribution in [3.63, 3.8) is 0 Å². The van der Waals surface area contributed by atoms with Crippen LogP contribution < -0.4 is 11.1 Å². The summed E-state index contributed by atoms with van der Waals surface area (Å²) < 4.78 is 5.21. The topological polar surface area (TPSA) is 105 Å². The molecule has 2 rings (SSSR count). The standard InChI is InChI=1S/C14H19N3O4/c1-9(13(18)17-4-6-21-7-5-17)16-10-2-3-11(14(19)20)12(15)8-10/h2-3,8-9,16H,4-7,15H2,1H3,(H,19,20). The number of amides is 1. The first kappa shape index (κ1) is 15.1. The Bertz CT molecular complexity index is 541. The molecule has 1 saturated heterocycles. The van der Waals surface area contributed by atoms with Gasteiger partial charge >= 0.3 is 5.97 Å². The largest absolute Gasteiger partial charge is 0.478 e. The first-order valence-electron chi connectivity index (χ1n) is 6.75. The summed E-state index contributed by atoms with van der Waals surface area (Å²) >= 11 is 0. The third-order valence-electron chi connectivity index (χ3n) is 3.36. The van der Waals surface area contributed by atoms with E-state index in [-0.39, 0.29) is 17.2 Å². The molecule has 1 unspecified atom stereocenters. The van der Waals surface area contributed by atoms with E-state index in [1.165, 1.54) is 12.1 Å². The number of anilines is 2. The lowest BCUT2D eigenvalue weighted by Crippen LogP contribution is -2.47. The smallest absolute Gasteiger partial charge is 0.337 e. The molecule has 0 radical (unpaired) electrons. The van der Waals surface area contributed by atoms with Crippen molar-refractivity contribution in [1.29, 1.82) is 0 Å². The van der Waals surface area contributed by atoms with E-state index in [4.69, 9.17) is 15.6 Å². The molecule has 0 aromatic heterocycles. The van der Waals surface area contributed by atoms with E-state index >= 15 is 0 Å². The number of nitrogen functional groups attached to an aromatic ring is 1. The van der Waals surface area contributed by atoms with Crippen LogP contribution in [0.4, 0.5) is 11.4 Å². The minimum absolute atomic E-state index is 0.0146. The molecule has 4 N–H and O–H groups in total. The number of hydrogen-bond donors (Lipinski definition) is 3. The Morgan fingerprint density at radius 3 is 2.62 bits per heavy atom. The lowest BCUT2D eigenvalue weighted by Gasteiger charge is -2.29. The maximum Gasteiger partial charge on any atom is 0.337 e. The molecule has 1 atom stereocenters. The quantitative estimate of drug-likeness (QED) is 0.703. The van der Waals surface area contributed by atoms with Gasteiger partial charge in [-0.15, -0.1) is 0 Å². The van der Waals surface area contributed by atoms with Gasteiger partial charge in [0, 0.05) is 24.5 Å². The number of nitrogens with two attached hydrogens (primary N) is 1. The molecule has 7 nitrogen and oxygen atoms in total. The molecule has 7 heteroatoms. The van der Waals surface area contributed by atoms with Crippen LogP contribution in [0.1, 0.15) is 17.3 Å². The zero-order valence-corrected chi connectivity index (χ0v) is 11.8. The van der Waals surface area contributed by atoms with Crippen molar-refractivity contribution in [3.8, 4) is 0 Å². The third kappa shape index (κ3) is 3.63. The van der Waals surface area contributed by atoms with E-state index in [1.807, 2.05) is 0 Å². The van der Waals surface area contributed by atoms with Crippen molar-refractivity contribution < 1.29 is 19.4 Å². The predicted molar refractivity (Wildman–Crippen MR) is 78.3 cm³/mol. The molecule has 0 saturated carbocycles. The van der Waals surface area contributed by atoms with E-state index in [2.05, 4.69) is 5.32 Å². The monoisotopic (exact) mass is 293 g/mol. The van der Waals surface area contributed by atoms with Gasteiger partial charge in [0.2, 0.25) is 5.91 Å². The first-order valence-corrected chi connectivity index (χ1v) is 6.75. The normalized spacial score (nSPS) is 16.3. The Kier molecular flexibility index (Phi) is 4.64. The lowest BCUT2D eigenvalue weighted by molar-refractivity contribution is -0.135. The number of carbonyl (C=O) groups excluding carboxylic acids is 1. The highest BCUT2D eigenvalue weighted by molar-refractivity contribution is 5.94. The minimum Gasteiger partial charge on any atom is -0.478 e. The highest BCUT2D eigenvalue weighted by atomic mass is 16.5. The summed E-state index contributed by atoms with van der Waals surface area (Å²) in [7, 11) is 0. The first-order chi connectivity index (χ1) is 9.99. The number of nitrogens with zero attached hydrogens (tertiary/aromatic N) is 1. The number of rotatable bonds is 4. The molecule has 1 aliphatic rings. The number of morpholine rings is 1. The molecule has 0 bridgehead atoms. The zero-order chi connectivity index (χ0) is 15.4. The summed E-state index contributed by atoms with van der Waals surface area (Å²) in [5.41, 5.74) is 6.52. The molecule has 1 heterocycles. The van der Waals surface area contributed by atoms with E-state index in [0.29, 0.717) is 32.0 Å². The molecule has 114 valence electrons. The van der Waals surface area contributed by atoms with Crippen molar-refractivity contribution in [2.24, 2.45) is 0 Å². The molecule has 1 aliphatic heterocycles. The summed E-state index contributed by atoms with van der Waals surface area (Å²) in [6.07, 6.45) is 0. The Morgan fingerprint density at radius 2 is 2.05 bits per heavy atom. The number of carboxylic acid groups (broad SMARTS) is 1. The zero-order valence-electron chi connectivity index (χ0n) is 11.8. The minimum atomic E-state index is -1.07. The van der Waals surface area contributed by atoms with Gasteiger partial charge in [0.15, 0.2) is 0 Å². The van der Waals surface area contributed by atoms with Crippen molar-refractivity contribution in [3.05, 3.63) is 23.8 Å². The number of benzene rings is 1. The van der Waals surface area contributed by atoms with Gasteiger partial charge in [0.05, 0.1) is 18.8 Å². The predicted octanol–water partition coefficient (Wildman–Crippen LogP) is 0.626. The average Bonchev–Trinajstić information content (AvgIpc) is 2.47. The van der Waals surface area contributed by atoms with Crippen LogP contribution in [0.3, 0.4) is 0 Å². The second kappa shape index (κ2) is 6.45. The van der Waals surface area contributed by atoms with Crippen LogP contribution in [0.5, 0.6) is 0 Å². The molecular formula is C14H19N3O4. The van der Waals surface area contributed by atoms with Crippen LogP contribution in [0.2, 0.25) is 0 Å². The summed E-state index contributed by atoms with van der Waals surface area (Å²) in [5, 5.41) is 12.0. The SMILES string of the molecule is CC(Nc1ccc(C(=O)O)c(N)c1)C(=O)N1CCOCC1. The van der Waals surface area contributed by atoms with Gasteiger partial charge in [0.25, 0.3) is 0 Å². The van der Waals surface area contributed by atoms with E-state index in [0.717, 1.165) is 0 Å². The maximum absolute atomic E-state index is 12.2. The van der Waals surface area contributed by atoms with E-state index in [1.54, 1.807) is 17.9 Å². The molecule has 1 aromatic rings. The maximum atomic E-state index is 12.2. The second-order valence-electron chi connectivity index (χ2n) is 4.91. The highest BCUT2D eigenvalue weighted by Gasteiger charge is 2.22. The summed E-state index contributed by atoms with van der Waals surface area (Å²) in [6.45, 7) is 4.05. The van der Waals surface area contributed by atoms with Gasteiger partial charge in [-0.25, -0.2) is 4.79 Å². The van der Waals surface area contributed by atoms with Crippen molar-refractivity contribution in [2.75, 3.05) is 37.4 Å². The molecular weight excluding hydrogens is 274 g/mol. The van der Waals surface area contributed by atoms with Gasteiger partial charge in [-0.1, -0.05) is 0 Å². The molecule has 0 spiro atoms. The summed E-state index contributed by atoms with van der Waals surface area (Å²) in [6, 6.07) is 4.12. The number of carbonyl (C=O) groups is 2. The molecule has 1 aromatic carbocycles. The molecule has 1 fully saturated rings. The van der Waals surface area contributed by atoms with Crippen LogP contribution in [0, 0.1) is 0 Å².